The molecule has 2 heteroatoms. The summed E-state index contributed by atoms with van der Waals surface area (Å²) >= 11 is 0. The van der Waals surface area contributed by atoms with E-state index in [0.717, 1.165) is 60.5 Å². The van der Waals surface area contributed by atoms with Gasteiger partial charge >= 0.3 is 0 Å². The van der Waals surface area contributed by atoms with Crippen LogP contribution in [0.4, 0.5) is 0 Å². The van der Waals surface area contributed by atoms with Crippen LogP contribution in [0.25, 0.3) is 120 Å². The summed E-state index contributed by atoms with van der Waals surface area (Å²) < 4.78 is 0. The van der Waals surface area contributed by atoms with Crippen molar-refractivity contribution in [2.75, 3.05) is 0 Å². The highest BCUT2D eigenvalue weighted by molar-refractivity contribution is 6.10. The molecule has 12 aromatic rings. The maximum atomic E-state index is 5.35. The Morgan fingerprint density at radius 3 is 1.12 bits per heavy atom. The van der Waals surface area contributed by atoms with Crippen LogP contribution in [0.15, 0.2) is 206 Å². The lowest BCUT2D eigenvalue weighted by Gasteiger charge is -2.12. The molecule has 0 fully saturated rings. The minimum absolute atomic E-state index is 0.958. The molecular formula is C56H34N2. The molecule has 0 unspecified atom stereocenters. The number of fused-ring (bicyclic) bond motifs is 9. The number of pyridine rings is 2. The van der Waals surface area contributed by atoms with Gasteiger partial charge in [-0.15, -0.1) is 0 Å². The fourth-order valence-corrected chi connectivity index (χ4v) is 8.99. The normalized spacial score (nSPS) is 11.8. The molecule has 10 aromatic carbocycles. The quantitative estimate of drug-likeness (QED) is 0.168. The van der Waals surface area contributed by atoms with Crippen LogP contribution in [0, 0.1) is 0 Å². The molecule has 0 aliphatic heterocycles. The second-order valence-corrected chi connectivity index (χ2v) is 15.4. The summed E-state index contributed by atoms with van der Waals surface area (Å²) in [7, 11) is 0. The van der Waals surface area contributed by atoms with Gasteiger partial charge in [-0.1, -0.05) is 170 Å². The Morgan fingerprint density at radius 1 is 0.224 bits per heavy atom. The highest BCUT2D eigenvalue weighted by Gasteiger charge is 2.12. The molecule has 0 spiro atoms. The summed E-state index contributed by atoms with van der Waals surface area (Å²) in [5, 5.41) is 14.3. The summed E-state index contributed by atoms with van der Waals surface area (Å²) in [5.41, 5.74) is 11.0. The van der Waals surface area contributed by atoms with E-state index >= 15 is 0 Å². The van der Waals surface area contributed by atoms with E-state index in [4.69, 9.17) is 9.97 Å². The second-order valence-electron chi connectivity index (χ2n) is 15.4. The van der Waals surface area contributed by atoms with E-state index in [9.17, 15) is 0 Å². The zero-order chi connectivity index (χ0) is 38.2. The second kappa shape index (κ2) is 12.9. The number of hydrogen-bond acceptors (Lipinski definition) is 2. The van der Waals surface area contributed by atoms with Gasteiger partial charge in [0.05, 0.1) is 22.4 Å². The van der Waals surface area contributed by atoms with E-state index in [2.05, 4.69) is 206 Å². The van der Waals surface area contributed by atoms with Crippen LogP contribution in [-0.2, 0) is 0 Å². The molecule has 0 atom stereocenters. The van der Waals surface area contributed by atoms with Crippen LogP contribution in [0.3, 0.4) is 0 Å². The minimum atomic E-state index is 0.958. The van der Waals surface area contributed by atoms with Gasteiger partial charge in [-0.05, 0) is 102 Å². The first kappa shape index (κ1) is 32.6. The average Bonchev–Trinajstić information content (AvgIpc) is 3.30. The molecule has 0 bridgehead atoms. The molecule has 0 saturated carbocycles. The smallest absolute Gasteiger partial charge is 0.0788 e. The molecule has 0 radical (unpaired) electrons. The first-order valence-corrected chi connectivity index (χ1v) is 19.9. The van der Waals surface area contributed by atoms with Crippen LogP contribution >= 0.6 is 0 Å². The van der Waals surface area contributed by atoms with Gasteiger partial charge in [0, 0.05) is 32.7 Å². The van der Waals surface area contributed by atoms with E-state index in [0.29, 0.717) is 0 Å². The predicted molar refractivity (Wildman–Crippen MR) is 246 cm³/mol. The molecule has 12 rings (SSSR count). The first-order valence-electron chi connectivity index (χ1n) is 19.9. The maximum absolute atomic E-state index is 5.35. The van der Waals surface area contributed by atoms with Crippen molar-refractivity contribution >= 4 is 75.7 Å². The highest BCUT2D eigenvalue weighted by Crippen LogP contribution is 2.37. The molecule has 2 nitrogen and oxygen atoms in total. The molecule has 0 amide bonds. The zero-order valence-electron chi connectivity index (χ0n) is 31.5. The highest BCUT2D eigenvalue weighted by atomic mass is 14.7. The van der Waals surface area contributed by atoms with E-state index in [-0.39, 0.29) is 0 Å². The molecule has 0 aliphatic rings. The van der Waals surface area contributed by atoms with E-state index in [1.807, 2.05) is 0 Å². The van der Waals surface area contributed by atoms with Crippen molar-refractivity contribution in [3.63, 3.8) is 0 Å². The van der Waals surface area contributed by atoms with E-state index in [1.165, 1.54) is 60.0 Å². The van der Waals surface area contributed by atoms with Gasteiger partial charge in [-0.3, -0.25) is 0 Å². The van der Waals surface area contributed by atoms with Crippen molar-refractivity contribution in [1.82, 2.24) is 9.97 Å². The summed E-state index contributed by atoms with van der Waals surface area (Å²) in [6, 6.07) is 74.7. The topological polar surface area (TPSA) is 25.8 Å². The van der Waals surface area contributed by atoms with Gasteiger partial charge in [-0.2, -0.15) is 0 Å². The largest absolute Gasteiger partial charge is 0.247 e. The molecule has 0 N–H and O–H groups in total. The Morgan fingerprint density at radius 2 is 0.603 bits per heavy atom. The Hall–Kier alpha value is -7.68. The summed E-state index contributed by atoms with van der Waals surface area (Å²) in [5.74, 6) is 0. The summed E-state index contributed by atoms with van der Waals surface area (Å²) in [4.78, 5) is 10.7. The maximum Gasteiger partial charge on any atom is 0.0788 e. The average molecular weight is 735 g/mol. The molecule has 268 valence electrons. The number of aromatic nitrogens is 2. The zero-order valence-corrected chi connectivity index (χ0v) is 31.5. The molecule has 0 saturated heterocycles. The van der Waals surface area contributed by atoms with Crippen molar-refractivity contribution in [3.05, 3.63) is 206 Å². The van der Waals surface area contributed by atoms with Crippen molar-refractivity contribution in [1.29, 1.82) is 0 Å². The van der Waals surface area contributed by atoms with E-state index < -0.39 is 0 Å². The number of benzene rings is 10. The van der Waals surface area contributed by atoms with Crippen LogP contribution < -0.4 is 0 Å². The van der Waals surface area contributed by atoms with Crippen molar-refractivity contribution in [2.45, 2.75) is 0 Å². The van der Waals surface area contributed by atoms with Crippen molar-refractivity contribution < 1.29 is 0 Å². The molecular weight excluding hydrogens is 701 g/mol. The van der Waals surface area contributed by atoms with Crippen molar-refractivity contribution in [3.8, 4) is 44.8 Å². The lowest BCUT2D eigenvalue weighted by atomic mass is 9.95. The monoisotopic (exact) mass is 734 g/mol. The van der Waals surface area contributed by atoms with E-state index in [1.54, 1.807) is 0 Å². The number of nitrogens with zero attached hydrogens (tertiary/aromatic N) is 2. The third-order valence-electron chi connectivity index (χ3n) is 12.0. The lowest BCUT2D eigenvalue weighted by Crippen LogP contribution is -1.90. The predicted octanol–water partition coefficient (Wildman–Crippen LogP) is 15.2. The van der Waals surface area contributed by atoms with Gasteiger partial charge in [0.15, 0.2) is 0 Å². The summed E-state index contributed by atoms with van der Waals surface area (Å²) in [6.07, 6.45) is 0. The Labute approximate surface area is 335 Å². The van der Waals surface area contributed by atoms with Gasteiger partial charge in [-0.25, -0.2) is 9.97 Å². The standard InChI is InChI=1S/C56H34N2/c1-3-11-47-36(7-1)9-5-13-49(47)42-23-19-38-17-21-40-27-29-53(57-55(40)51(38)33-42)44-25-15-35-16-26-45(32-46(35)31-44)54-30-28-41-22-18-39-20-24-43(34-52(39)56(41)58-54)50-14-6-10-37-8-2-4-12-48(37)50/h1-34H. The van der Waals surface area contributed by atoms with Crippen LogP contribution in [0.2, 0.25) is 0 Å². The summed E-state index contributed by atoms with van der Waals surface area (Å²) in [6.45, 7) is 0. The molecule has 0 aliphatic carbocycles. The lowest BCUT2D eigenvalue weighted by molar-refractivity contribution is 1.41. The van der Waals surface area contributed by atoms with Crippen LogP contribution in [-0.4, -0.2) is 9.97 Å². The SMILES string of the molecule is c1ccc2c(-c3ccc4ccc5ccc(-c6ccc7ccc(-c8ccc9ccc%10ccc(-c%11cccc%12ccccc%11%12)cc%10c9n8)cc7c6)nc5c4c3)cccc2c1. The molecule has 2 aromatic heterocycles. The minimum Gasteiger partial charge on any atom is -0.247 e. The number of rotatable bonds is 4. The number of hydrogen-bond donors (Lipinski definition) is 0. The fraction of sp³-hybridized carbons (Fsp3) is 0. The van der Waals surface area contributed by atoms with Crippen LogP contribution in [0.1, 0.15) is 0 Å². The van der Waals surface area contributed by atoms with Crippen LogP contribution in [0.5, 0.6) is 0 Å². The van der Waals surface area contributed by atoms with Gasteiger partial charge in [0.25, 0.3) is 0 Å². The van der Waals surface area contributed by atoms with Crippen molar-refractivity contribution in [2.24, 2.45) is 0 Å². The van der Waals surface area contributed by atoms with Gasteiger partial charge < -0.3 is 0 Å². The first-order chi connectivity index (χ1) is 28.7. The Bertz CT molecular complexity index is 3390. The molecule has 2 heterocycles. The van der Waals surface area contributed by atoms with Gasteiger partial charge in [0.1, 0.15) is 0 Å². The Kier molecular flexibility index (Phi) is 7.26. The fourth-order valence-electron chi connectivity index (χ4n) is 8.99. The third-order valence-corrected chi connectivity index (χ3v) is 12.0. The Balaban J connectivity index is 0.945. The molecule has 58 heavy (non-hydrogen) atoms. The van der Waals surface area contributed by atoms with Gasteiger partial charge in [0.2, 0.25) is 0 Å². The third kappa shape index (κ3) is 5.34.